The average Bonchev–Trinajstić information content (AvgIpc) is 2.76. The molecule has 7 heteroatoms. The van der Waals surface area contributed by atoms with E-state index >= 15 is 0 Å². The number of alkyl halides is 2. The van der Waals surface area contributed by atoms with E-state index in [4.69, 9.17) is 5.21 Å². The molecule has 5 nitrogen and oxygen atoms in total. The Morgan fingerprint density at radius 1 is 1.00 bits per heavy atom. The quantitative estimate of drug-likeness (QED) is 0.285. The number of aryl methyl sites for hydroxylation is 1. The molecule has 1 amide bonds. The van der Waals surface area contributed by atoms with E-state index in [9.17, 15) is 18.7 Å². The maximum atomic E-state index is 13.2. The first-order valence-electron chi connectivity index (χ1n) is 9.08. The molecule has 2 rings (SSSR count). The van der Waals surface area contributed by atoms with E-state index in [1.54, 1.807) is 0 Å². The number of benzene rings is 2. The highest BCUT2D eigenvalue weighted by molar-refractivity contribution is 5.86. The van der Waals surface area contributed by atoms with Crippen molar-refractivity contribution in [1.82, 2.24) is 10.8 Å². The Kier molecular flexibility index (Phi) is 7.62. The van der Waals surface area contributed by atoms with Gasteiger partial charge < -0.3 is 10.4 Å². The first kappa shape index (κ1) is 21.9. The molecule has 0 saturated heterocycles. The minimum atomic E-state index is -2.57. The molecule has 2 aromatic rings. The standard InChI is InChI=1S/C21H26F2N2O3/c1-20(19(26)25-28,21(27,14-22)15-23)24-13-5-6-16-9-11-18(12-10-16)17-7-3-2-4-8-17/h2-4,7-12,24,27-28H,5-6,13-15H2,1H3,(H,25,26). The molecule has 0 bridgehead atoms. The molecule has 0 spiro atoms. The second-order valence-corrected chi connectivity index (χ2v) is 6.96. The van der Waals surface area contributed by atoms with Crippen LogP contribution in [0.5, 0.6) is 0 Å². The Morgan fingerprint density at radius 2 is 1.57 bits per heavy atom. The molecule has 1 atom stereocenters. The number of aliphatic hydroxyl groups is 1. The lowest BCUT2D eigenvalue weighted by atomic mass is 9.81. The van der Waals surface area contributed by atoms with Crippen LogP contribution in [0, 0.1) is 0 Å². The third-order valence-electron chi connectivity index (χ3n) is 5.11. The maximum Gasteiger partial charge on any atom is 0.266 e. The van der Waals surface area contributed by atoms with Gasteiger partial charge in [0.15, 0.2) is 0 Å². The Labute approximate surface area is 163 Å². The normalized spacial score (nSPS) is 13.8. The van der Waals surface area contributed by atoms with Crippen LogP contribution in [0.3, 0.4) is 0 Å². The zero-order valence-corrected chi connectivity index (χ0v) is 15.8. The van der Waals surface area contributed by atoms with Gasteiger partial charge in [-0.05, 0) is 43.0 Å². The van der Waals surface area contributed by atoms with Gasteiger partial charge in [-0.25, -0.2) is 14.3 Å². The molecule has 0 aliphatic carbocycles. The summed E-state index contributed by atoms with van der Waals surface area (Å²) in [6, 6.07) is 18.0. The molecule has 4 N–H and O–H groups in total. The number of nitrogens with one attached hydrogen (secondary N) is 2. The van der Waals surface area contributed by atoms with E-state index in [1.807, 2.05) is 54.6 Å². The van der Waals surface area contributed by atoms with Gasteiger partial charge in [0.1, 0.15) is 24.5 Å². The number of hydroxylamine groups is 1. The fourth-order valence-corrected chi connectivity index (χ4v) is 3.00. The zero-order valence-electron chi connectivity index (χ0n) is 15.8. The van der Waals surface area contributed by atoms with Crippen LogP contribution in [0.2, 0.25) is 0 Å². The fraction of sp³-hybridized carbons (Fsp3) is 0.381. The average molecular weight is 392 g/mol. The molecule has 2 aromatic carbocycles. The Morgan fingerprint density at radius 3 is 2.11 bits per heavy atom. The van der Waals surface area contributed by atoms with Crippen LogP contribution in [0.1, 0.15) is 18.9 Å². The maximum absolute atomic E-state index is 13.2. The van der Waals surface area contributed by atoms with E-state index in [1.165, 1.54) is 5.48 Å². The molecule has 0 radical (unpaired) electrons. The molecule has 28 heavy (non-hydrogen) atoms. The Bertz CT molecular complexity index is 752. The highest BCUT2D eigenvalue weighted by Gasteiger charge is 2.52. The molecule has 1 unspecified atom stereocenters. The lowest BCUT2D eigenvalue weighted by molar-refractivity contribution is -0.152. The minimum Gasteiger partial charge on any atom is -0.382 e. The monoisotopic (exact) mass is 392 g/mol. The predicted octanol–water partition coefficient (Wildman–Crippen LogP) is 2.81. The van der Waals surface area contributed by atoms with Crippen molar-refractivity contribution in [3.63, 3.8) is 0 Å². The highest BCUT2D eigenvalue weighted by atomic mass is 19.1. The van der Waals surface area contributed by atoms with Crippen molar-refractivity contribution in [2.75, 3.05) is 19.9 Å². The second kappa shape index (κ2) is 9.73. The Balaban J connectivity index is 1.95. The molecular weight excluding hydrogens is 366 g/mol. The lowest BCUT2D eigenvalue weighted by Gasteiger charge is -2.40. The summed E-state index contributed by atoms with van der Waals surface area (Å²) in [6.45, 7) is -1.57. The fourth-order valence-electron chi connectivity index (χ4n) is 3.00. The number of carbonyl (C=O) groups is 1. The van der Waals surface area contributed by atoms with E-state index in [0.717, 1.165) is 23.6 Å². The van der Waals surface area contributed by atoms with Crippen LogP contribution < -0.4 is 10.8 Å². The Hall–Kier alpha value is -2.35. The minimum absolute atomic E-state index is 0.215. The van der Waals surface area contributed by atoms with E-state index < -0.39 is 30.4 Å². The molecule has 0 aliphatic rings. The first-order valence-corrected chi connectivity index (χ1v) is 9.08. The summed E-state index contributed by atoms with van der Waals surface area (Å²) in [5, 5.41) is 21.7. The molecule has 152 valence electrons. The largest absolute Gasteiger partial charge is 0.382 e. The van der Waals surface area contributed by atoms with Gasteiger partial charge in [-0.2, -0.15) is 0 Å². The van der Waals surface area contributed by atoms with Gasteiger partial charge in [-0.15, -0.1) is 0 Å². The summed E-state index contributed by atoms with van der Waals surface area (Å²) in [5.41, 5.74) is 0.0779. The van der Waals surface area contributed by atoms with Crippen molar-refractivity contribution in [1.29, 1.82) is 0 Å². The van der Waals surface area contributed by atoms with Crippen LogP contribution in [0.15, 0.2) is 54.6 Å². The number of amides is 1. The van der Waals surface area contributed by atoms with Crippen molar-refractivity contribution < 1.29 is 23.9 Å². The van der Waals surface area contributed by atoms with Crippen molar-refractivity contribution in [3.8, 4) is 11.1 Å². The lowest BCUT2D eigenvalue weighted by Crippen LogP contribution is -2.70. The van der Waals surface area contributed by atoms with E-state index in [0.29, 0.717) is 12.8 Å². The van der Waals surface area contributed by atoms with Gasteiger partial charge in [0.05, 0.1) is 0 Å². The SMILES string of the molecule is CC(NCCCc1ccc(-c2ccccc2)cc1)(C(=O)NO)C(O)(CF)CF. The van der Waals surface area contributed by atoms with Crippen LogP contribution in [-0.2, 0) is 11.2 Å². The smallest absolute Gasteiger partial charge is 0.266 e. The van der Waals surface area contributed by atoms with Crippen molar-refractivity contribution in [2.24, 2.45) is 0 Å². The van der Waals surface area contributed by atoms with Crippen LogP contribution in [0.25, 0.3) is 11.1 Å². The van der Waals surface area contributed by atoms with Gasteiger partial charge >= 0.3 is 0 Å². The topological polar surface area (TPSA) is 81.6 Å². The number of hydrogen-bond acceptors (Lipinski definition) is 4. The van der Waals surface area contributed by atoms with Crippen LogP contribution in [-0.4, -0.2) is 47.3 Å². The van der Waals surface area contributed by atoms with Crippen molar-refractivity contribution in [3.05, 3.63) is 60.2 Å². The van der Waals surface area contributed by atoms with Crippen LogP contribution >= 0.6 is 0 Å². The summed E-state index contributed by atoms with van der Waals surface area (Å²) < 4.78 is 26.4. The van der Waals surface area contributed by atoms with E-state index in [2.05, 4.69) is 5.32 Å². The van der Waals surface area contributed by atoms with Crippen molar-refractivity contribution >= 4 is 5.91 Å². The first-order chi connectivity index (χ1) is 13.4. The van der Waals surface area contributed by atoms with Gasteiger partial charge in [0.2, 0.25) is 0 Å². The molecule has 0 heterocycles. The molecular formula is C21H26F2N2O3. The number of halogens is 2. The third kappa shape index (κ3) is 4.73. The molecule has 0 saturated carbocycles. The predicted molar refractivity (Wildman–Crippen MR) is 103 cm³/mol. The summed E-state index contributed by atoms with van der Waals surface area (Å²) in [5.74, 6) is -1.10. The summed E-state index contributed by atoms with van der Waals surface area (Å²) in [4.78, 5) is 11.9. The second-order valence-electron chi connectivity index (χ2n) is 6.96. The third-order valence-corrected chi connectivity index (χ3v) is 5.11. The zero-order chi connectivity index (χ0) is 20.6. The van der Waals surface area contributed by atoms with Gasteiger partial charge in [0.25, 0.3) is 5.91 Å². The summed E-state index contributed by atoms with van der Waals surface area (Å²) in [6.07, 6.45) is 1.23. The summed E-state index contributed by atoms with van der Waals surface area (Å²) >= 11 is 0. The summed E-state index contributed by atoms with van der Waals surface area (Å²) in [7, 11) is 0. The van der Waals surface area contributed by atoms with Crippen LogP contribution in [0.4, 0.5) is 8.78 Å². The van der Waals surface area contributed by atoms with Crippen molar-refractivity contribution in [2.45, 2.75) is 30.9 Å². The number of hydrogen-bond donors (Lipinski definition) is 4. The van der Waals surface area contributed by atoms with Gasteiger partial charge in [0, 0.05) is 0 Å². The van der Waals surface area contributed by atoms with Gasteiger partial charge in [-0.1, -0.05) is 54.6 Å². The molecule has 0 aromatic heterocycles. The molecule has 0 fully saturated rings. The van der Waals surface area contributed by atoms with E-state index in [-0.39, 0.29) is 6.54 Å². The number of carbonyl (C=O) groups excluding carboxylic acids is 1. The van der Waals surface area contributed by atoms with Gasteiger partial charge in [-0.3, -0.25) is 10.0 Å². The number of rotatable bonds is 10. The highest BCUT2D eigenvalue weighted by Crippen LogP contribution is 2.25. The molecule has 0 aliphatic heterocycles.